The second-order valence-electron chi connectivity index (χ2n) is 2.77. The summed E-state index contributed by atoms with van der Waals surface area (Å²) in [4.78, 5) is 10.6. The van der Waals surface area contributed by atoms with E-state index < -0.39 is 17.7 Å². The fourth-order valence-electron chi connectivity index (χ4n) is 0.504. The zero-order valence-electron chi connectivity index (χ0n) is 6.93. The van der Waals surface area contributed by atoms with E-state index in [4.69, 9.17) is 5.11 Å². The molecule has 0 radical (unpaired) electrons. The van der Waals surface area contributed by atoms with Crippen LogP contribution >= 0.6 is 0 Å². The quantitative estimate of drug-likeness (QED) is 0.623. The van der Waals surface area contributed by atoms with Crippen LogP contribution in [0.25, 0.3) is 0 Å². The monoisotopic (exact) mass is 164 g/mol. The summed E-state index contributed by atoms with van der Waals surface area (Å²) in [5, 5.41) is 9.01. The van der Waals surface area contributed by atoms with Gasteiger partial charge in [-0.15, -0.1) is 0 Å². The molecular weight excluding hydrogens is 151 g/mol. The zero-order valence-corrected chi connectivity index (χ0v) is 6.93. The third-order valence-corrected chi connectivity index (χ3v) is 1.11. The van der Waals surface area contributed by atoms with Crippen molar-refractivity contribution in [3.63, 3.8) is 0 Å². The second-order valence-corrected chi connectivity index (χ2v) is 2.77. The Bertz CT molecular complexity index is 139. The number of hydrogen-bond acceptors (Lipinski definition) is 3. The molecule has 3 nitrogen and oxygen atoms in total. The molecule has 1 atom stereocenters. The molecule has 1 N–H and O–H groups in total. The highest BCUT2D eigenvalue weighted by Crippen LogP contribution is 2.13. The molecule has 0 rings (SSSR count). The van der Waals surface area contributed by atoms with Crippen molar-refractivity contribution in [3.8, 4) is 0 Å². The summed E-state index contributed by atoms with van der Waals surface area (Å²) < 4.78 is 17.1. The van der Waals surface area contributed by atoms with Gasteiger partial charge in [-0.05, 0) is 20.8 Å². The van der Waals surface area contributed by atoms with Gasteiger partial charge in [-0.1, -0.05) is 0 Å². The minimum Gasteiger partial charge on any atom is -0.464 e. The van der Waals surface area contributed by atoms with Gasteiger partial charge in [-0.3, -0.25) is 0 Å². The van der Waals surface area contributed by atoms with Crippen LogP contribution in [0.1, 0.15) is 20.8 Å². The van der Waals surface area contributed by atoms with Crippen molar-refractivity contribution in [2.75, 3.05) is 6.61 Å². The predicted octanol–water partition coefficient (Wildman–Crippen LogP) is 0.659. The van der Waals surface area contributed by atoms with Crippen molar-refractivity contribution in [2.45, 2.75) is 32.5 Å². The van der Waals surface area contributed by atoms with Gasteiger partial charge in [-0.2, -0.15) is 0 Å². The molecule has 0 saturated heterocycles. The summed E-state index contributed by atoms with van der Waals surface area (Å²) >= 11 is 0. The highest BCUT2D eigenvalue weighted by atomic mass is 19.1. The van der Waals surface area contributed by atoms with Crippen LogP contribution in [-0.4, -0.2) is 29.5 Å². The molecule has 0 saturated carbocycles. The first-order valence-corrected chi connectivity index (χ1v) is 3.42. The molecule has 4 heteroatoms. The summed E-state index contributed by atoms with van der Waals surface area (Å²) in [7, 11) is 0. The molecule has 0 heterocycles. The van der Waals surface area contributed by atoms with Crippen LogP contribution in [-0.2, 0) is 9.53 Å². The smallest absolute Gasteiger partial charge is 0.343 e. The lowest BCUT2D eigenvalue weighted by molar-refractivity contribution is -0.158. The Labute approximate surface area is 65.2 Å². The van der Waals surface area contributed by atoms with E-state index in [0.717, 1.165) is 0 Å². The predicted molar refractivity (Wildman–Crippen MR) is 37.8 cm³/mol. The maximum absolute atomic E-state index is 12.8. The fourth-order valence-corrected chi connectivity index (χ4v) is 0.504. The van der Waals surface area contributed by atoms with Gasteiger partial charge in [0.1, 0.15) is 5.60 Å². The molecule has 0 spiro atoms. The molecule has 0 aliphatic rings. The van der Waals surface area contributed by atoms with Crippen molar-refractivity contribution < 1.29 is 19.0 Å². The van der Waals surface area contributed by atoms with Crippen molar-refractivity contribution in [1.29, 1.82) is 0 Å². The molecule has 0 aromatic carbocycles. The van der Waals surface area contributed by atoms with E-state index >= 15 is 0 Å². The second kappa shape index (κ2) is 3.67. The molecule has 0 aromatic heterocycles. The molecule has 0 amide bonds. The third kappa shape index (κ3) is 3.32. The van der Waals surface area contributed by atoms with E-state index in [-0.39, 0.29) is 6.61 Å². The van der Waals surface area contributed by atoms with Gasteiger partial charge in [-0.25, -0.2) is 9.18 Å². The van der Waals surface area contributed by atoms with E-state index in [1.165, 1.54) is 13.8 Å². The standard InChI is InChI=1S/C7H13FO3/c1-4-11-6(9)5(8)7(2,3)10/h5,10H,4H2,1-3H3/t5-/m1/s1. The number of aliphatic hydroxyl groups is 1. The molecule has 66 valence electrons. The van der Waals surface area contributed by atoms with Gasteiger partial charge < -0.3 is 9.84 Å². The summed E-state index contributed by atoms with van der Waals surface area (Å²) in [5.41, 5.74) is -1.66. The zero-order chi connectivity index (χ0) is 9.07. The van der Waals surface area contributed by atoms with Gasteiger partial charge in [0.15, 0.2) is 0 Å². The first-order chi connectivity index (χ1) is 4.89. The Morgan fingerprint density at radius 1 is 1.73 bits per heavy atom. The number of ether oxygens (including phenoxy) is 1. The van der Waals surface area contributed by atoms with Crippen LogP contribution in [0.2, 0.25) is 0 Å². The SMILES string of the molecule is CCOC(=O)[C@@H](F)C(C)(C)O. The Kier molecular flexibility index (Phi) is 3.45. The molecule has 11 heavy (non-hydrogen) atoms. The minimum absolute atomic E-state index is 0.120. The first-order valence-electron chi connectivity index (χ1n) is 3.42. The highest BCUT2D eigenvalue weighted by Gasteiger charge is 2.34. The average Bonchev–Trinajstić information content (AvgIpc) is 1.85. The molecule has 0 aromatic rings. The van der Waals surface area contributed by atoms with E-state index in [2.05, 4.69) is 4.74 Å². The molecule has 0 aliphatic carbocycles. The van der Waals surface area contributed by atoms with Crippen LogP contribution in [0.15, 0.2) is 0 Å². The minimum atomic E-state index is -1.97. The molecule has 0 bridgehead atoms. The van der Waals surface area contributed by atoms with Crippen molar-refractivity contribution in [1.82, 2.24) is 0 Å². The number of halogens is 1. The van der Waals surface area contributed by atoms with Gasteiger partial charge in [0.05, 0.1) is 6.61 Å². The molecular formula is C7H13FO3. The lowest BCUT2D eigenvalue weighted by atomic mass is 10.0. The van der Waals surface area contributed by atoms with Gasteiger partial charge in [0.25, 0.3) is 0 Å². The Morgan fingerprint density at radius 2 is 2.18 bits per heavy atom. The average molecular weight is 164 g/mol. The van der Waals surface area contributed by atoms with Gasteiger partial charge >= 0.3 is 5.97 Å². The summed E-state index contributed by atoms with van der Waals surface area (Å²) in [6.07, 6.45) is -1.97. The number of alkyl halides is 1. The fraction of sp³-hybridized carbons (Fsp3) is 0.857. The first kappa shape index (κ1) is 10.4. The normalized spacial score (nSPS) is 14.3. The molecule has 0 aliphatic heterocycles. The van der Waals surface area contributed by atoms with Crippen molar-refractivity contribution >= 4 is 5.97 Å². The maximum atomic E-state index is 12.8. The van der Waals surface area contributed by atoms with E-state index in [0.29, 0.717) is 0 Å². The third-order valence-electron chi connectivity index (χ3n) is 1.11. The Morgan fingerprint density at radius 3 is 2.45 bits per heavy atom. The van der Waals surface area contributed by atoms with Gasteiger partial charge in [0.2, 0.25) is 6.17 Å². The number of carbonyl (C=O) groups is 1. The van der Waals surface area contributed by atoms with Crippen molar-refractivity contribution in [3.05, 3.63) is 0 Å². The molecule has 0 fully saturated rings. The van der Waals surface area contributed by atoms with Crippen LogP contribution in [0, 0.1) is 0 Å². The summed E-state index contributed by atoms with van der Waals surface area (Å²) in [5.74, 6) is -1.01. The number of carbonyl (C=O) groups excluding carboxylic acids is 1. The van der Waals surface area contributed by atoms with E-state index in [1.54, 1.807) is 6.92 Å². The Balaban J connectivity index is 4.03. The largest absolute Gasteiger partial charge is 0.464 e. The summed E-state index contributed by atoms with van der Waals surface area (Å²) in [6, 6.07) is 0. The topological polar surface area (TPSA) is 46.5 Å². The lowest BCUT2D eigenvalue weighted by Gasteiger charge is -2.20. The van der Waals surface area contributed by atoms with E-state index in [1.807, 2.05) is 0 Å². The van der Waals surface area contributed by atoms with Crippen LogP contribution in [0.5, 0.6) is 0 Å². The van der Waals surface area contributed by atoms with E-state index in [9.17, 15) is 9.18 Å². The lowest BCUT2D eigenvalue weighted by Crippen LogP contribution is -2.39. The number of hydrogen-bond donors (Lipinski definition) is 1. The van der Waals surface area contributed by atoms with Gasteiger partial charge in [0, 0.05) is 0 Å². The van der Waals surface area contributed by atoms with Crippen LogP contribution < -0.4 is 0 Å². The number of esters is 1. The van der Waals surface area contributed by atoms with Crippen LogP contribution in [0.3, 0.4) is 0 Å². The maximum Gasteiger partial charge on any atom is 0.343 e. The summed E-state index contributed by atoms with van der Waals surface area (Å²) in [6.45, 7) is 4.13. The van der Waals surface area contributed by atoms with Crippen molar-refractivity contribution in [2.24, 2.45) is 0 Å². The molecule has 0 unspecified atom stereocenters. The highest BCUT2D eigenvalue weighted by molar-refractivity contribution is 5.75. The van der Waals surface area contributed by atoms with Crippen LogP contribution in [0.4, 0.5) is 4.39 Å². The Hall–Kier alpha value is -0.640. The number of rotatable bonds is 3.